The van der Waals surface area contributed by atoms with E-state index in [1.165, 1.54) is 0 Å². The fraction of sp³-hybridized carbons (Fsp3) is 0.900. The van der Waals surface area contributed by atoms with E-state index in [0.717, 1.165) is 18.7 Å². The van der Waals surface area contributed by atoms with E-state index >= 15 is 0 Å². The molecule has 1 aliphatic heterocycles. The van der Waals surface area contributed by atoms with Crippen LogP contribution in [0.5, 0.6) is 0 Å². The third-order valence-electron chi connectivity index (χ3n) is 4.01. The van der Waals surface area contributed by atoms with Crippen molar-refractivity contribution in [2.24, 2.45) is 10.6 Å². The molecule has 1 saturated heterocycles. The van der Waals surface area contributed by atoms with Crippen LogP contribution in [0.3, 0.4) is 0 Å². The summed E-state index contributed by atoms with van der Waals surface area (Å²) in [6.07, 6.45) is 0.865. The number of rotatable bonds is 0. The molecule has 0 aromatic rings. The summed E-state index contributed by atoms with van der Waals surface area (Å²) >= 11 is 0. The fourth-order valence-electron chi connectivity index (χ4n) is 1.87. The van der Waals surface area contributed by atoms with E-state index in [1.54, 1.807) is 0 Å². The summed E-state index contributed by atoms with van der Waals surface area (Å²) in [5, 5.41) is 12.3. The first kappa shape index (κ1) is 10.5. The molecule has 0 unspecified atom stereocenters. The lowest BCUT2D eigenvalue weighted by atomic mass is 9.67. The van der Waals surface area contributed by atoms with Gasteiger partial charge in [0.05, 0.1) is 5.71 Å². The molecule has 0 aliphatic carbocycles. The van der Waals surface area contributed by atoms with E-state index < -0.39 is 0 Å². The Bertz CT molecular complexity index is 231. The molecule has 0 amide bonds. The molecule has 1 rings (SSSR count). The first-order chi connectivity index (χ1) is 5.84. The van der Waals surface area contributed by atoms with Crippen LogP contribution < -0.4 is 0 Å². The molecule has 0 saturated carbocycles. The van der Waals surface area contributed by atoms with E-state index in [-0.39, 0.29) is 11.0 Å². The van der Waals surface area contributed by atoms with E-state index in [9.17, 15) is 0 Å². The Morgan fingerprint density at radius 3 is 2.31 bits per heavy atom. The maximum Gasteiger partial charge on any atom is 0.0657 e. The van der Waals surface area contributed by atoms with Crippen LogP contribution in [0.4, 0.5) is 0 Å². The van der Waals surface area contributed by atoms with Gasteiger partial charge in [-0.1, -0.05) is 19.0 Å². The van der Waals surface area contributed by atoms with Crippen molar-refractivity contribution >= 4 is 5.71 Å². The Morgan fingerprint density at radius 2 is 1.85 bits per heavy atom. The fourth-order valence-corrected chi connectivity index (χ4v) is 1.87. The first-order valence-corrected chi connectivity index (χ1v) is 4.76. The summed E-state index contributed by atoms with van der Waals surface area (Å²) in [4.78, 5) is 2.32. The van der Waals surface area contributed by atoms with Crippen LogP contribution in [-0.4, -0.2) is 35.0 Å². The van der Waals surface area contributed by atoms with Gasteiger partial charge in [-0.15, -0.1) is 0 Å². The van der Waals surface area contributed by atoms with Crippen LogP contribution in [0.15, 0.2) is 5.16 Å². The maximum atomic E-state index is 8.91. The Labute approximate surface area is 80.4 Å². The normalized spacial score (nSPS) is 30.7. The predicted molar refractivity (Wildman–Crippen MR) is 54.3 cm³/mol. The molecular weight excluding hydrogens is 164 g/mol. The number of piperidine rings is 1. The molecule has 3 heteroatoms. The summed E-state index contributed by atoms with van der Waals surface area (Å²) in [6, 6.07) is 0. The van der Waals surface area contributed by atoms with Gasteiger partial charge in [0.15, 0.2) is 0 Å². The topological polar surface area (TPSA) is 35.8 Å². The third-order valence-corrected chi connectivity index (χ3v) is 4.01. The van der Waals surface area contributed by atoms with Crippen LogP contribution in [0.25, 0.3) is 0 Å². The molecule has 1 heterocycles. The van der Waals surface area contributed by atoms with Crippen LogP contribution in [-0.2, 0) is 0 Å². The maximum absolute atomic E-state index is 8.91. The average Bonchev–Trinajstić information content (AvgIpc) is 2.02. The van der Waals surface area contributed by atoms with Crippen LogP contribution in [0.2, 0.25) is 0 Å². The summed E-state index contributed by atoms with van der Waals surface area (Å²) in [6.45, 7) is 9.62. The molecule has 76 valence electrons. The van der Waals surface area contributed by atoms with Crippen LogP contribution in [0, 0.1) is 5.41 Å². The summed E-state index contributed by atoms with van der Waals surface area (Å²) < 4.78 is 0. The minimum Gasteiger partial charge on any atom is -0.411 e. The van der Waals surface area contributed by atoms with E-state index in [2.05, 4.69) is 44.8 Å². The summed E-state index contributed by atoms with van der Waals surface area (Å²) in [7, 11) is 2.12. The van der Waals surface area contributed by atoms with E-state index in [1.807, 2.05) is 0 Å². The minimum atomic E-state index is -0.0608. The number of hydrogen-bond acceptors (Lipinski definition) is 3. The smallest absolute Gasteiger partial charge is 0.0657 e. The first-order valence-electron chi connectivity index (χ1n) is 4.76. The molecule has 1 fully saturated rings. The zero-order chi connectivity index (χ0) is 10.3. The highest BCUT2D eigenvalue weighted by Crippen LogP contribution is 2.40. The van der Waals surface area contributed by atoms with Crippen molar-refractivity contribution in [3.8, 4) is 0 Å². The summed E-state index contributed by atoms with van der Waals surface area (Å²) in [5.74, 6) is 0. The van der Waals surface area contributed by atoms with Crippen LogP contribution >= 0.6 is 0 Å². The van der Waals surface area contributed by atoms with Crippen molar-refractivity contribution < 1.29 is 5.21 Å². The molecule has 1 aliphatic rings. The minimum absolute atomic E-state index is 0.0484. The molecule has 0 bridgehead atoms. The molecule has 3 nitrogen and oxygen atoms in total. The van der Waals surface area contributed by atoms with Crippen molar-refractivity contribution in [1.29, 1.82) is 0 Å². The van der Waals surface area contributed by atoms with Gasteiger partial charge in [0.2, 0.25) is 0 Å². The van der Waals surface area contributed by atoms with Gasteiger partial charge in [0, 0.05) is 23.9 Å². The second-order valence-electron chi connectivity index (χ2n) is 4.90. The Kier molecular flexibility index (Phi) is 2.41. The molecule has 0 aromatic carbocycles. The van der Waals surface area contributed by atoms with Crippen molar-refractivity contribution in [2.45, 2.75) is 39.7 Å². The Balaban J connectivity index is 3.06. The van der Waals surface area contributed by atoms with E-state index in [4.69, 9.17) is 5.21 Å². The average molecular weight is 184 g/mol. The number of likely N-dealkylation sites (tertiary alicyclic amines) is 1. The van der Waals surface area contributed by atoms with Gasteiger partial charge in [-0.2, -0.15) is 0 Å². The highest BCUT2D eigenvalue weighted by molar-refractivity contribution is 5.91. The van der Waals surface area contributed by atoms with E-state index in [0.29, 0.717) is 0 Å². The number of oxime groups is 1. The quantitative estimate of drug-likeness (QED) is 0.461. The molecule has 1 N–H and O–H groups in total. The second-order valence-corrected chi connectivity index (χ2v) is 4.90. The highest BCUT2D eigenvalue weighted by atomic mass is 16.4. The van der Waals surface area contributed by atoms with Crippen LogP contribution in [0.1, 0.15) is 34.1 Å². The standard InChI is InChI=1S/C10H20N2O/c1-9(2)8(11-13)6-7-12(5)10(9,3)4/h13H,6-7H2,1-5H3/b11-8+. The second kappa shape index (κ2) is 2.98. The van der Waals surface area contributed by atoms with Crippen molar-refractivity contribution in [2.75, 3.05) is 13.6 Å². The Hall–Kier alpha value is -0.570. The SMILES string of the molecule is CN1CC/C(=N\O)C(C)(C)C1(C)C. The highest BCUT2D eigenvalue weighted by Gasteiger charge is 2.47. The monoisotopic (exact) mass is 184 g/mol. The zero-order valence-electron chi connectivity index (χ0n) is 9.26. The number of nitrogens with zero attached hydrogens (tertiary/aromatic N) is 2. The lowest BCUT2D eigenvalue weighted by molar-refractivity contribution is 0.0541. The van der Waals surface area contributed by atoms with Gasteiger partial charge in [-0.05, 0) is 20.9 Å². The van der Waals surface area contributed by atoms with Gasteiger partial charge in [-0.3, -0.25) is 4.90 Å². The zero-order valence-corrected chi connectivity index (χ0v) is 9.26. The molecular formula is C10H20N2O. The van der Waals surface area contributed by atoms with Gasteiger partial charge in [-0.25, -0.2) is 0 Å². The van der Waals surface area contributed by atoms with Crippen molar-refractivity contribution in [1.82, 2.24) is 4.90 Å². The largest absolute Gasteiger partial charge is 0.411 e. The third kappa shape index (κ3) is 1.35. The van der Waals surface area contributed by atoms with Crippen molar-refractivity contribution in [3.05, 3.63) is 0 Å². The molecule has 0 radical (unpaired) electrons. The lowest BCUT2D eigenvalue weighted by Crippen LogP contribution is -2.60. The van der Waals surface area contributed by atoms with Gasteiger partial charge in [0.1, 0.15) is 0 Å². The molecule has 0 atom stereocenters. The lowest BCUT2D eigenvalue weighted by Gasteiger charge is -2.52. The van der Waals surface area contributed by atoms with Crippen molar-refractivity contribution in [3.63, 3.8) is 0 Å². The predicted octanol–water partition coefficient (Wildman–Crippen LogP) is 1.96. The van der Waals surface area contributed by atoms with Gasteiger partial charge < -0.3 is 5.21 Å². The summed E-state index contributed by atoms with van der Waals surface area (Å²) in [5.41, 5.74) is 0.900. The number of hydrogen-bond donors (Lipinski definition) is 1. The molecule has 13 heavy (non-hydrogen) atoms. The van der Waals surface area contributed by atoms with Gasteiger partial charge >= 0.3 is 0 Å². The Morgan fingerprint density at radius 1 is 1.31 bits per heavy atom. The van der Waals surface area contributed by atoms with Gasteiger partial charge in [0.25, 0.3) is 0 Å². The molecule has 0 aromatic heterocycles. The molecule has 0 spiro atoms.